The van der Waals surface area contributed by atoms with Crippen molar-refractivity contribution >= 4 is 5.88 Å². The molecule has 1 aromatic rings. The molecule has 0 unspecified atom stereocenters. The molecule has 122 valence electrons. The van der Waals surface area contributed by atoms with Gasteiger partial charge in [-0.05, 0) is 20.2 Å². The van der Waals surface area contributed by atoms with Crippen molar-refractivity contribution in [3.05, 3.63) is 29.3 Å². The fraction of sp³-hybridized carbons (Fsp3) is 0.500. The summed E-state index contributed by atoms with van der Waals surface area (Å²) < 4.78 is 5.82. The Morgan fingerprint density at radius 1 is 1.30 bits per heavy atom. The van der Waals surface area contributed by atoms with E-state index in [2.05, 4.69) is 10.2 Å². The van der Waals surface area contributed by atoms with Crippen LogP contribution in [0.1, 0.15) is 5.76 Å². The third-order valence-electron chi connectivity index (χ3n) is 3.65. The average molecular weight is 314 g/mol. The van der Waals surface area contributed by atoms with Gasteiger partial charge in [0.05, 0.1) is 6.54 Å². The normalized spacial score (nSPS) is 13.7. The lowest BCUT2D eigenvalue weighted by Crippen LogP contribution is -2.32. The van der Waals surface area contributed by atoms with E-state index in [4.69, 9.17) is 14.9 Å². The zero-order valence-electron chi connectivity index (χ0n) is 13.8. The number of nitriles is 2. The second kappa shape index (κ2) is 7.57. The largest absolute Gasteiger partial charge is 0.444 e. The molecule has 0 aromatic carbocycles. The van der Waals surface area contributed by atoms with Crippen molar-refractivity contribution in [2.45, 2.75) is 6.54 Å². The number of rotatable bonds is 6. The van der Waals surface area contributed by atoms with Gasteiger partial charge < -0.3 is 24.4 Å². The molecule has 1 fully saturated rings. The molecule has 23 heavy (non-hydrogen) atoms. The van der Waals surface area contributed by atoms with Gasteiger partial charge in [0.25, 0.3) is 0 Å². The summed E-state index contributed by atoms with van der Waals surface area (Å²) in [5, 5.41) is 21.1. The van der Waals surface area contributed by atoms with E-state index in [0.717, 1.165) is 44.4 Å². The summed E-state index contributed by atoms with van der Waals surface area (Å²) in [5.74, 6) is 2.38. The van der Waals surface area contributed by atoms with Gasteiger partial charge in [-0.15, -0.1) is 0 Å². The van der Waals surface area contributed by atoms with Crippen molar-refractivity contribution in [1.82, 2.24) is 15.1 Å². The van der Waals surface area contributed by atoms with Gasteiger partial charge in [0.15, 0.2) is 11.5 Å². The quantitative estimate of drug-likeness (QED) is 0.782. The molecule has 1 aliphatic rings. The average Bonchev–Trinajstić information content (AvgIpc) is 3.15. The number of furan rings is 1. The number of allylic oxidation sites excluding steroid dienone is 1. The van der Waals surface area contributed by atoms with Gasteiger partial charge in [-0.3, -0.25) is 0 Å². The predicted octanol–water partition coefficient (Wildman–Crippen LogP) is 0.941. The van der Waals surface area contributed by atoms with E-state index in [1.54, 1.807) is 0 Å². The molecule has 0 aliphatic carbocycles. The van der Waals surface area contributed by atoms with Crippen LogP contribution in [0.25, 0.3) is 0 Å². The van der Waals surface area contributed by atoms with Crippen LogP contribution in [0.3, 0.4) is 0 Å². The highest BCUT2D eigenvalue weighted by Gasteiger charge is 2.21. The molecular formula is C16H22N6O. The molecule has 0 radical (unpaired) electrons. The molecule has 2 heterocycles. The van der Waals surface area contributed by atoms with E-state index in [0.29, 0.717) is 5.82 Å². The van der Waals surface area contributed by atoms with Gasteiger partial charge in [-0.2, -0.15) is 10.5 Å². The maximum Gasteiger partial charge on any atom is 0.195 e. The molecule has 0 spiro atoms. The van der Waals surface area contributed by atoms with E-state index in [-0.39, 0.29) is 5.57 Å². The van der Waals surface area contributed by atoms with E-state index in [1.165, 1.54) is 0 Å². The van der Waals surface area contributed by atoms with Crippen LogP contribution in [0.2, 0.25) is 0 Å². The molecule has 2 rings (SSSR count). The van der Waals surface area contributed by atoms with Crippen molar-refractivity contribution in [1.29, 1.82) is 10.5 Å². The molecule has 0 saturated carbocycles. The zero-order chi connectivity index (χ0) is 16.8. The topological polar surface area (TPSA) is 82.5 Å². The highest BCUT2D eigenvalue weighted by Crippen LogP contribution is 2.19. The van der Waals surface area contributed by atoms with Crippen LogP contribution in [0.15, 0.2) is 27.9 Å². The van der Waals surface area contributed by atoms with Crippen molar-refractivity contribution < 1.29 is 4.42 Å². The summed E-state index contributed by atoms with van der Waals surface area (Å²) in [6.07, 6.45) is 0. The minimum absolute atomic E-state index is 0.136. The molecule has 1 N–H and O–H groups in total. The minimum Gasteiger partial charge on any atom is -0.444 e. The van der Waals surface area contributed by atoms with Crippen molar-refractivity contribution in [2.24, 2.45) is 0 Å². The molecule has 7 nitrogen and oxygen atoms in total. The van der Waals surface area contributed by atoms with Crippen molar-refractivity contribution in [3.63, 3.8) is 0 Å². The first-order valence-corrected chi connectivity index (χ1v) is 7.53. The first-order chi connectivity index (χ1) is 11.0. The molecule has 1 aromatic heterocycles. The number of nitrogens with one attached hydrogen (secondary N) is 1. The number of nitrogens with zero attached hydrogens (tertiary/aromatic N) is 5. The van der Waals surface area contributed by atoms with Crippen LogP contribution in [-0.2, 0) is 6.54 Å². The fourth-order valence-electron chi connectivity index (χ4n) is 2.48. The first kappa shape index (κ1) is 16.7. The Kier molecular flexibility index (Phi) is 5.51. The monoisotopic (exact) mass is 314 g/mol. The molecule has 0 atom stereocenters. The minimum atomic E-state index is 0.136. The maximum atomic E-state index is 9.01. The SMILES string of the molecule is CN(C)Cc1ccc(N(C)CCN2CCNC2=C(C#N)C#N)o1. The second-order valence-corrected chi connectivity index (χ2v) is 5.76. The summed E-state index contributed by atoms with van der Waals surface area (Å²) in [7, 11) is 5.98. The van der Waals surface area contributed by atoms with Crippen LogP contribution in [-0.4, -0.2) is 57.1 Å². The van der Waals surface area contributed by atoms with Crippen molar-refractivity contribution in [2.75, 3.05) is 52.2 Å². The predicted molar refractivity (Wildman–Crippen MR) is 87.2 cm³/mol. The van der Waals surface area contributed by atoms with Crippen molar-refractivity contribution in [3.8, 4) is 12.1 Å². The lowest BCUT2D eigenvalue weighted by atomic mass is 10.3. The standard InChI is InChI=1S/C16H22N6O/c1-20(2)12-14-4-5-15(23-14)21(3)8-9-22-7-6-19-16(22)13(10-17)11-18/h4-5,19H,6-9,12H2,1-3H3. The van der Waals surface area contributed by atoms with E-state index < -0.39 is 0 Å². The number of anilines is 1. The highest BCUT2D eigenvalue weighted by atomic mass is 16.4. The zero-order valence-corrected chi connectivity index (χ0v) is 13.8. The summed E-state index contributed by atoms with van der Waals surface area (Å²) in [6, 6.07) is 7.83. The highest BCUT2D eigenvalue weighted by molar-refractivity contribution is 5.40. The number of hydrogen-bond donors (Lipinski definition) is 1. The van der Waals surface area contributed by atoms with Gasteiger partial charge >= 0.3 is 0 Å². The van der Waals surface area contributed by atoms with Crippen LogP contribution >= 0.6 is 0 Å². The molecule has 1 aliphatic heterocycles. The van der Waals surface area contributed by atoms with Gasteiger partial charge in [-0.1, -0.05) is 0 Å². The summed E-state index contributed by atoms with van der Waals surface area (Å²) in [6.45, 7) is 3.77. The third-order valence-corrected chi connectivity index (χ3v) is 3.65. The lowest BCUT2D eigenvalue weighted by Gasteiger charge is -2.23. The molecule has 1 saturated heterocycles. The molecule has 7 heteroatoms. The smallest absolute Gasteiger partial charge is 0.195 e. The van der Waals surface area contributed by atoms with E-state index in [1.807, 2.05) is 55.2 Å². The molecular weight excluding hydrogens is 292 g/mol. The molecule has 0 amide bonds. The summed E-state index contributed by atoms with van der Waals surface area (Å²) >= 11 is 0. The Balaban J connectivity index is 1.95. The molecule has 0 bridgehead atoms. The Morgan fingerprint density at radius 3 is 2.70 bits per heavy atom. The van der Waals surface area contributed by atoms with Gasteiger partial charge in [-0.25, -0.2) is 0 Å². The van der Waals surface area contributed by atoms with Gasteiger partial charge in [0.1, 0.15) is 23.7 Å². The van der Waals surface area contributed by atoms with Crippen LogP contribution in [0.5, 0.6) is 0 Å². The number of hydrogen-bond acceptors (Lipinski definition) is 7. The Labute approximate surface area is 137 Å². The summed E-state index contributed by atoms with van der Waals surface area (Å²) in [4.78, 5) is 6.12. The second-order valence-electron chi connectivity index (χ2n) is 5.76. The third kappa shape index (κ3) is 4.18. The Hall–Kier alpha value is -2.64. The first-order valence-electron chi connectivity index (χ1n) is 7.53. The lowest BCUT2D eigenvalue weighted by molar-refractivity contribution is 0.349. The van der Waals surface area contributed by atoms with Gasteiger partial charge in [0, 0.05) is 39.3 Å². The number of likely N-dealkylation sites (N-methyl/N-ethyl adjacent to an activating group) is 1. The fourth-order valence-corrected chi connectivity index (χ4v) is 2.48. The van der Waals surface area contributed by atoms with Crippen LogP contribution in [0.4, 0.5) is 5.88 Å². The van der Waals surface area contributed by atoms with Crippen LogP contribution in [0, 0.1) is 22.7 Å². The Morgan fingerprint density at radius 2 is 2.04 bits per heavy atom. The van der Waals surface area contributed by atoms with Crippen LogP contribution < -0.4 is 10.2 Å². The Bertz CT molecular complexity index is 632. The van der Waals surface area contributed by atoms with Gasteiger partial charge in [0.2, 0.25) is 0 Å². The summed E-state index contributed by atoms with van der Waals surface area (Å²) in [5.41, 5.74) is 0.136. The maximum absolute atomic E-state index is 9.01. The van der Waals surface area contributed by atoms with E-state index in [9.17, 15) is 0 Å². The van der Waals surface area contributed by atoms with E-state index >= 15 is 0 Å².